The molecule has 3 unspecified atom stereocenters. The molecule has 1 aromatic rings. The standard InChI is InChI=1S/C24H35N3O4/c1-3-25-23(29)27-17(2)13-24(16-30-15-22(28)26-24)21(27)14-31-20-11-9-19(10-12-20)18-7-5-4-6-8-18/h4-8,17,19-21H,3,9-16H2,1-2H3,(H,25,29)(H,26,28). The topological polar surface area (TPSA) is 79.9 Å². The van der Waals surface area contributed by atoms with Gasteiger partial charge < -0.3 is 25.0 Å². The van der Waals surface area contributed by atoms with E-state index in [-0.39, 0.29) is 36.7 Å². The van der Waals surface area contributed by atoms with Crippen LogP contribution in [-0.4, -0.2) is 66.9 Å². The number of benzene rings is 1. The number of nitrogens with zero attached hydrogens (tertiary/aromatic N) is 1. The van der Waals surface area contributed by atoms with Crippen molar-refractivity contribution in [1.29, 1.82) is 0 Å². The average molecular weight is 430 g/mol. The van der Waals surface area contributed by atoms with Crippen molar-refractivity contribution >= 4 is 11.9 Å². The van der Waals surface area contributed by atoms with Gasteiger partial charge in [0.15, 0.2) is 0 Å². The summed E-state index contributed by atoms with van der Waals surface area (Å²) in [6.07, 6.45) is 5.10. The van der Waals surface area contributed by atoms with Gasteiger partial charge in [-0.2, -0.15) is 0 Å². The lowest BCUT2D eigenvalue weighted by Gasteiger charge is -2.41. The normalized spacial score (nSPS) is 33.4. The van der Waals surface area contributed by atoms with Crippen molar-refractivity contribution in [2.45, 2.75) is 75.6 Å². The van der Waals surface area contributed by atoms with Crippen LogP contribution in [-0.2, 0) is 14.3 Å². The van der Waals surface area contributed by atoms with Crippen molar-refractivity contribution in [2.75, 3.05) is 26.4 Å². The Balaban J connectivity index is 1.41. The quantitative estimate of drug-likeness (QED) is 0.754. The number of likely N-dealkylation sites (tertiary alicyclic amines) is 1. The van der Waals surface area contributed by atoms with Gasteiger partial charge in [-0.25, -0.2) is 4.79 Å². The Morgan fingerprint density at radius 2 is 2.00 bits per heavy atom. The Labute approximate surface area is 184 Å². The molecule has 1 aromatic carbocycles. The molecular formula is C24H35N3O4. The highest BCUT2D eigenvalue weighted by molar-refractivity contribution is 5.80. The summed E-state index contributed by atoms with van der Waals surface area (Å²) in [6, 6.07) is 10.3. The predicted octanol–water partition coefficient (Wildman–Crippen LogP) is 2.81. The minimum absolute atomic E-state index is 0.00373. The third-order valence-electron chi connectivity index (χ3n) is 7.09. The number of rotatable bonds is 5. The van der Waals surface area contributed by atoms with Crippen molar-refractivity contribution in [3.8, 4) is 0 Å². The van der Waals surface area contributed by atoms with Gasteiger partial charge in [0, 0.05) is 12.6 Å². The number of amides is 3. The first-order chi connectivity index (χ1) is 15.0. The van der Waals surface area contributed by atoms with E-state index in [0.29, 0.717) is 32.1 Å². The van der Waals surface area contributed by atoms with E-state index in [2.05, 4.69) is 41.0 Å². The molecule has 7 heteroatoms. The maximum atomic E-state index is 12.8. The first kappa shape index (κ1) is 22.1. The zero-order valence-corrected chi connectivity index (χ0v) is 18.6. The molecular weight excluding hydrogens is 394 g/mol. The lowest BCUT2D eigenvalue weighted by molar-refractivity contribution is -0.137. The van der Waals surface area contributed by atoms with Crippen LogP contribution in [0.2, 0.25) is 0 Å². The van der Waals surface area contributed by atoms with Gasteiger partial charge in [-0.15, -0.1) is 0 Å². The van der Waals surface area contributed by atoms with Crippen LogP contribution in [0.5, 0.6) is 0 Å². The molecule has 2 aliphatic heterocycles. The molecule has 3 aliphatic rings. The molecule has 0 radical (unpaired) electrons. The van der Waals surface area contributed by atoms with E-state index < -0.39 is 5.54 Å². The van der Waals surface area contributed by atoms with E-state index in [0.717, 1.165) is 25.7 Å². The van der Waals surface area contributed by atoms with Crippen LogP contribution in [0.4, 0.5) is 4.79 Å². The molecule has 2 heterocycles. The summed E-state index contributed by atoms with van der Waals surface area (Å²) in [7, 11) is 0. The first-order valence-corrected chi connectivity index (χ1v) is 11.6. The molecule has 0 bridgehead atoms. The minimum Gasteiger partial charge on any atom is -0.376 e. The predicted molar refractivity (Wildman–Crippen MR) is 118 cm³/mol. The Hall–Kier alpha value is -2.12. The van der Waals surface area contributed by atoms with Crippen molar-refractivity contribution in [2.24, 2.45) is 0 Å². The number of carbonyl (C=O) groups excluding carboxylic acids is 2. The van der Waals surface area contributed by atoms with Crippen LogP contribution in [0.25, 0.3) is 0 Å². The summed E-state index contributed by atoms with van der Waals surface area (Å²) in [5.74, 6) is 0.473. The largest absolute Gasteiger partial charge is 0.376 e. The Bertz CT molecular complexity index is 765. The van der Waals surface area contributed by atoms with Crippen molar-refractivity contribution in [3.05, 3.63) is 35.9 Å². The smallest absolute Gasteiger partial charge is 0.318 e. The lowest BCUT2D eigenvalue weighted by Crippen LogP contribution is -2.65. The van der Waals surface area contributed by atoms with Crippen LogP contribution in [0.15, 0.2) is 30.3 Å². The third kappa shape index (κ3) is 4.72. The number of urea groups is 1. The van der Waals surface area contributed by atoms with Gasteiger partial charge >= 0.3 is 6.03 Å². The Morgan fingerprint density at radius 1 is 1.26 bits per heavy atom. The van der Waals surface area contributed by atoms with Crippen molar-refractivity contribution in [1.82, 2.24) is 15.5 Å². The maximum Gasteiger partial charge on any atom is 0.318 e. The number of nitrogens with one attached hydrogen (secondary N) is 2. The molecule has 3 atom stereocenters. The molecule has 3 amide bonds. The second-order valence-corrected chi connectivity index (χ2v) is 9.23. The Kier molecular flexibility index (Phi) is 6.82. The number of hydrogen-bond acceptors (Lipinski definition) is 4. The van der Waals surface area contributed by atoms with Gasteiger partial charge in [0.2, 0.25) is 5.91 Å². The summed E-state index contributed by atoms with van der Waals surface area (Å²) < 4.78 is 12.0. The van der Waals surface area contributed by atoms with E-state index in [1.165, 1.54) is 5.56 Å². The van der Waals surface area contributed by atoms with E-state index in [9.17, 15) is 9.59 Å². The molecule has 1 saturated carbocycles. The van der Waals surface area contributed by atoms with E-state index in [4.69, 9.17) is 9.47 Å². The second-order valence-electron chi connectivity index (χ2n) is 9.23. The van der Waals surface area contributed by atoms with Crippen molar-refractivity contribution in [3.63, 3.8) is 0 Å². The molecule has 4 rings (SSSR count). The third-order valence-corrected chi connectivity index (χ3v) is 7.09. The zero-order chi connectivity index (χ0) is 21.8. The SMILES string of the molecule is CCNC(=O)N1C(C)CC2(COCC(=O)N2)C1COC1CCC(c2ccccc2)CC1. The van der Waals surface area contributed by atoms with Gasteiger partial charge in [0.25, 0.3) is 0 Å². The van der Waals surface area contributed by atoms with Gasteiger partial charge in [0.1, 0.15) is 6.61 Å². The van der Waals surface area contributed by atoms with E-state index in [1.807, 2.05) is 18.7 Å². The molecule has 7 nitrogen and oxygen atoms in total. The van der Waals surface area contributed by atoms with Crippen LogP contribution in [0.3, 0.4) is 0 Å². The van der Waals surface area contributed by atoms with Crippen LogP contribution < -0.4 is 10.6 Å². The highest BCUT2D eigenvalue weighted by Gasteiger charge is 2.55. The Morgan fingerprint density at radius 3 is 2.68 bits per heavy atom. The average Bonchev–Trinajstić information content (AvgIpc) is 3.03. The lowest BCUT2D eigenvalue weighted by atomic mass is 9.82. The number of morpholine rings is 1. The fraction of sp³-hybridized carbons (Fsp3) is 0.667. The van der Waals surface area contributed by atoms with Gasteiger partial charge in [0.05, 0.1) is 30.9 Å². The summed E-state index contributed by atoms with van der Waals surface area (Å²) >= 11 is 0. The summed E-state index contributed by atoms with van der Waals surface area (Å²) in [5, 5.41) is 6.07. The highest BCUT2D eigenvalue weighted by Crippen LogP contribution is 2.38. The molecule has 3 fully saturated rings. The fourth-order valence-electron chi connectivity index (χ4n) is 5.64. The highest BCUT2D eigenvalue weighted by atomic mass is 16.5. The summed E-state index contributed by atoms with van der Waals surface area (Å²) in [4.78, 5) is 26.8. The second kappa shape index (κ2) is 9.57. The summed E-state index contributed by atoms with van der Waals surface area (Å²) in [5.41, 5.74) is 0.829. The summed E-state index contributed by atoms with van der Waals surface area (Å²) in [6.45, 7) is 5.41. The van der Waals surface area contributed by atoms with Gasteiger partial charge in [-0.1, -0.05) is 30.3 Å². The molecule has 1 aliphatic carbocycles. The van der Waals surface area contributed by atoms with Crippen LogP contribution in [0, 0.1) is 0 Å². The fourth-order valence-corrected chi connectivity index (χ4v) is 5.64. The van der Waals surface area contributed by atoms with Gasteiger partial charge in [-0.3, -0.25) is 4.79 Å². The zero-order valence-electron chi connectivity index (χ0n) is 18.6. The number of hydrogen-bond donors (Lipinski definition) is 2. The number of ether oxygens (including phenoxy) is 2. The van der Waals surface area contributed by atoms with Crippen LogP contribution in [0.1, 0.15) is 57.4 Å². The molecule has 31 heavy (non-hydrogen) atoms. The maximum absolute atomic E-state index is 12.8. The number of carbonyl (C=O) groups is 2. The molecule has 1 spiro atoms. The molecule has 170 valence electrons. The van der Waals surface area contributed by atoms with Crippen molar-refractivity contribution < 1.29 is 19.1 Å². The first-order valence-electron chi connectivity index (χ1n) is 11.6. The van der Waals surface area contributed by atoms with Crippen LogP contribution >= 0.6 is 0 Å². The van der Waals surface area contributed by atoms with E-state index >= 15 is 0 Å². The molecule has 2 saturated heterocycles. The monoisotopic (exact) mass is 429 g/mol. The minimum atomic E-state index is -0.582. The molecule has 0 aromatic heterocycles. The van der Waals surface area contributed by atoms with Gasteiger partial charge in [-0.05, 0) is 57.4 Å². The molecule has 2 N–H and O–H groups in total. The van der Waals surface area contributed by atoms with E-state index in [1.54, 1.807) is 0 Å².